The van der Waals surface area contributed by atoms with E-state index in [-0.39, 0.29) is 12.1 Å². The van der Waals surface area contributed by atoms with Crippen LogP contribution in [0.15, 0.2) is 0 Å². The average molecular weight is 398 g/mol. The summed E-state index contributed by atoms with van der Waals surface area (Å²) in [6.45, 7) is 7.67. The second-order valence-corrected chi connectivity index (χ2v) is 9.29. The minimum atomic E-state index is 0.237. The van der Waals surface area contributed by atoms with Crippen molar-refractivity contribution >= 4 is 5.91 Å². The molecule has 3 nitrogen and oxygen atoms in total. The number of quaternary nitrogens is 1. The molecule has 1 atom stereocenters. The number of unbranched alkanes of at least 4 members (excludes halogenated alkanes) is 14. The zero-order chi connectivity index (χ0) is 21.1. The third kappa shape index (κ3) is 15.4. The van der Waals surface area contributed by atoms with E-state index in [1.807, 2.05) is 0 Å². The highest BCUT2D eigenvalue weighted by Crippen LogP contribution is 2.14. The smallest absolute Gasteiger partial charge is 0.224 e. The van der Waals surface area contributed by atoms with E-state index in [9.17, 15) is 4.79 Å². The molecule has 0 aromatic rings. The van der Waals surface area contributed by atoms with E-state index in [1.165, 1.54) is 89.9 Å². The molecule has 1 N–H and O–H groups in total. The van der Waals surface area contributed by atoms with E-state index >= 15 is 0 Å². The molecule has 0 saturated carbocycles. The van der Waals surface area contributed by atoms with Gasteiger partial charge in [0.15, 0.2) is 6.17 Å². The first-order chi connectivity index (χ1) is 13.5. The van der Waals surface area contributed by atoms with Crippen LogP contribution < -0.4 is 5.32 Å². The summed E-state index contributed by atoms with van der Waals surface area (Å²) in [6, 6.07) is 0. The van der Waals surface area contributed by atoms with Gasteiger partial charge in [0.25, 0.3) is 0 Å². The number of carbonyl (C=O) groups excluding carboxylic acids is 1. The molecule has 1 amide bonds. The standard InChI is InChI=1S/C25H52N2O/c1-6-9-10-11-12-13-14-15-16-17-18-19-20-21-22-23-25(28)26-24(7-2)27(4,5)8-3/h24H,6-23H2,1-5H3/p+1. The van der Waals surface area contributed by atoms with Gasteiger partial charge in [-0.2, -0.15) is 0 Å². The zero-order valence-corrected chi connectivity index (χ0v) is 20.2. The Morgan fingerprint density at radius 2 is 1.07 bits per heavy atom. The van der Waals surface area contributed by atoms with E-state index in [4.69, 9.17) is 0 Å². The normalized spacial score (nSPS) is 12.9. The fourth-order valence-electron chi connectivity index (χ4n) is 3.91. The molecule has 0 spiro atoms. The van der Waals surface area contributed by atoms with Crippen LogP contribution in [0.3, 0.4) is 0 Å². The van der Waals surface area contributed by atoms with E-state index in [0.29, 0.717) is 6.42 Å². The summed E-state index contributed by atoms with van der Waals surface area (Å²) in [5.41, 5.74) is 0. The summed E-state index contributed by atoms with van der Waals surface area (Å²) in [5.74, 6) is 0.237. The van der Waals surface area contributed by atoms with Crippen molar-refractivity contribution in [3.05, 3.63) is 0 Å². The molecule has 0 rings (SSSR count). The SMILES string of the molecule is CCCCCCCCCCCCCCCCCC(=O)NC(CC)[N+](C)(C)CC. The van der Waals surface area contributed by atoms with E-state index in [0.717, 1.165) is 23.9 Å². The van der Waals surface area contributed by atoms with Crippen LogP contribution in [-0.4, -0.2) is 37.2 Å². The number of amides is 1. The first-order valence-electron chi connectivity index (χ1n) is 12.6. The Morgan fingerprint density at radius 1 is 0.679 bits per heavy atom. The van der Waals surface area contributed by atoms with Crippen LogP contribution >= 0.6 is 0 Å². The Kier molecular flexibility index (Phi) is 18.1. The van der Waals surface area contributed by atoms with Crippen molar-refractivity contribution in [2.24, 2.45) is 0 Å². The van der Waals surface area contributed by atoms with Gasteiger partial charge in [-0.05, 0) is 13.3 Å². The van der Waals surface area contributed by atoms with Crippen LogP contribution in [0.4, 0.5) is 0 Å². The molecule has 0 heterocycles. The van der Waals surface area contributed by atoms with Crippen LogP contribution in [0.5, 0.6) is 0 Å². The highest BCUT2D eigenvalue weighted by Gasteiger charge is 2.25. The quantitative estimate of drug-likeness (QED) is 0.131. The van der Waals surface area contributed by atoms with Gasteiger partial charge in [0, 0.05) is 12.8 Å². The topological polar surface area (TPSA) is 29.1 Å². The predicted molar refractivity (Wildman–Crippen MR) is 124 cm³/mol. The Hall–Kier alpha value is -0.570. The van der Waals surface area contributed by atoms with Gasteiger partial charge in [0.05, 0.1) is 20.6 Å². The van der Waals surface area contributed by atoms with Gasteiger partial charge >= 0.3 is 0 Å². The number of nitrogens with one attached hydrogen (secondary N) is 1. The van der Waals surface area contributed by atoms with Crippen molar-refractivity contribution in [2.45, 2.75) is 136 Å². The van der Waals surface area contributed by atoms with Gasteiger partial charge in [-0.1, -0.05) is 104 Å². The number of carbonyl (C=O) groups is 1. The summed E-state index contributed by atoms with van der Waals surface area (Å²) in [6.07, 6.45) is 22.4. The van der Waals surface area contributed by atoms with Gasteiger partial charge in [0.2, 0.25) is 5.91 Å². The van der Waals surface area contributed by atoms with Crippen molar-refractivity contribution < 1.29 is 9.28 Å². The predicted octanol–water partition coefficient (Wildman–Crippen LogP) is 7.20. The van der Waals surface area contributed by atoms with Crippen molar-refractivity contribution in [1.29, 1.82) is 0 Å². The summed E-state index contributed by atoms with van der Waals surface area (Å²) in [4.78, 5) is 12.2. The van der Waals surface area contributed by atoms with Crippen molar-refractivity contribution in [3.8, 4) is 0 Å². The van der Waals surface area contributed by atoms with Crippen molar-refractivity contribution in [1.82, 2.24) is 5.32 Å². The average Bonchev–Trinajstić information content (AvgIpc) is 2.68. The minimum absolute atomic E-state index is 0.237. The lowest BCUT2D eigenvalue weighted by atomic mass is 10.0. The van der Waals surface area contributed by atoms with E-state index in [2.05, 4.69) is 40.2 Å². The zero-order valence-electron chi connectivity index (χ0n) is 20.2. The molecule has 168 valence electrons. The molecule has 0 saturated heterocycles. The Morgan fingerprint density at radius 3 is 1.43 bits per heavy atom. The second-order valence-electron chi connectivity index (χ2n) is 9.29. The molecule has 0 fully saturated rings. The van der Waals surface area contributed by atoms with Crippen LogP contribution in [0, 0.1) is 0 Å². The first-order valence-corrected chi connectivity index (χ1v) is 12.6. The Bertz CT molecular complexity index is 354. The molecular weight excluding hydrogens is 344 g/mol. The van der Waals surface area contributed by atoms with E-state index < -0.39 is 0 Å². The van der Waals surface area contributed by atoms with Gasteiger partial charge in [0.1, 0.15) is 0 Å². The number of hydrogen-bond acceptors (Lipinski definition) is 1. The lowest BCUT2D eigenvalue weighted by Gasteiger charge is -2.36. The van der Waals surface area contributed by atoms with Gasteiger partial charge in [-0.15, -0.1) is 0 Å². The number of hydrogen-bond donors (Lipinski definition) is 1. The van der Waals surface area contributed by atoms with Crippen molar-refractivity contribution in [2.75, 3.05) is 20.6 Å². The maximum Gasteiger partial charge on any atom is 0.224 e. The Labute approximate surface area is 177 Å². The molecule has 1 unspecified atom stereocenters. The summed E-state index contributed by atoms with van der Waals surface area (Å²) >= 11 is 0. The molecule has 0 bridgehead atoms. The molecule has 3 heteroatoms. The highest BCUT2D eigenvalue weighted by molar-refractivity contribution is 5.75. The second kappa shape index (κ2) is 18.5. The number of nitrogens with zero attached hydrogens (tertiary/aromatic N) is 1. The lowest BCUT2D eigenvalue weighted by molar-refractivity contribution is -0.915. The maximum absolute atomic E-state index is 12.2. The molecule has 28 heavy (non-hydrogen) atoms. The van der Waals surface area contributed by atoms with Gasteiger partial charge in [-0.25, -0.2) is 0 Å². The first kappa shape index (κ1) is 27.4. The molecular formula is C25H53N2O+. The molecule has 0 aromatic heterocycles. The monoisotopic (exact) mass is 397 g/mol. The molecule has 0 aliphatic heterocycles. The third-order valence-corrected chi connectivity index (χ3v) is 6.38. The minimum Gasteiger partial charge on any atom is -0.309 e. The van der Waals surface area contributed by atoms with Crippen molar-refractivity contribution in [3.63, 3.8) is 0 Å². The summed E-state index contributed by atoms with van der Waals surface area (Å²) < 4.78 is 0.862. The molecule has 0 aliphatic rings. The van der Waals surface area contributed by atoms with Gasteiger partial charge < -0.3 is 9.80 Å². The fourth-order valence-corrected chi connectivity index (χ4v) is 3.91. The largest absolute Gasteiger partial charge is 0.309 e. The molecule has 0 aromatic carbocycles. The maximum atomic E-state index is 12.2. The Balaban J connectivity index is 3.42. The fraction of sp³-hybridized carbons (Fsp3) is 0.960. The summed E-state index contributed by atoms with van der Waals surface area (Å²) in [5, 5.41) is 3.24. The van der Waals surface area contributed by atoms with E-state index in [1.54, 1.807) is 0 Å². The third-order valence-electron chi connectivity index (χ3n) is 6.38. The van der Waals surface area contributed by atoms with Crippen LogP contribution in [0.2, 0.25) is 0 Å². The number of rotatable bonds is 20. The molecule has 0 aliphatic carbocycles. The van der Waals surface area contributed by atoms with Crippen LogP contribution in [0.25, 0.3) is 0 Å². The van der Waals surface area contributed by atoms with Crippen LogP contribution in [-0.2, 0) is 4.79 Å². The van der Waals surface area contributed by atoms with Gasteiger partial charge in [-0.3, -0.25) is 4.79 Å². The lowest BCUT2D eigenvalue weighted by Crippen LogP contribution is -2.57. The highest BCUT2D eigenvalue weighted by atomic mass is 16.1. The van der Waals surface area contributed by atoms with Crippen LogP contribution in [0.1, 0.15) is 130 Å². The molecule has 0 radical (unpaired) electrons. The summed E-state index contributed by atoms with van der Waals surface area (Å²) in [7, 11) is 4.39.